The lowest BCUT2D eigenvalue weighted by atomic mass is 10.1. The molecule has 18 heavy (non-hydrogen) atoms. The van der Waals surface area contributed by atoms with Crippen LogP contribution in [0, 0.1) is 0 Å². The highest BCUT2D eigenvalue weighted by molar-refractivity contribution is 4.91. The number of unbranched alkanes of at least 4 members (excludes halogenated alkanes) is 5. The minimum atomic E-state index is 0.838. The molecule has 0 radical (unpaired) electrons. The van der Waals surface area contributed by atoms with E-state index in [2.05, 4.69) is 35.7 Å². The zero-order valence-corrected chi connectivity index (χ0v) is 12.0. The number of rotatable bonds is 11. The molecule has 0 aromatic carbocycles. The minimum absolute atomic E-state index is 0.838. The first kappa shape index (κ1) is 15.2. The zero-order valence-electron chi connectivity index (χ0n) is 12.0. The van der Waals surface area contributed by atoms with Gasteiger partial charge in [-0.15, -0.1) is 5.10 Å². The summed E-state index contributed by atoms with van der Waals surface area (Å²) in [4.78, 5) is 0. The van der Waals surface area contributed by atoms with Crippen LogP contribution in [0.25, 0.3) is 0 Å². The summed E-state index contributed by atoms with van der Waals surface area (Å²) in [5.41, 5.74) is 1.05. The molecule has 0 aliphatic rings. The van der Waals surface area contributed by atoms with Crippen molar-refractivity contribution in [2.75, 3.05) is 6.54 Å². The van der Waals surface area contributed by atoms with Crippen molar-refractivity contribution in [3.05, 3.63) is 11.9 Å². The van der Waals surface area contributed by atoms with E-state index < -0.39 is 0 Å². The summed E-state index contributed by atoms with van der Waals surface area (Å²) in [6.45, 7) is 7.31. The fourth-order valence-corrected chi connectivity index (χ4v) is 1.98. The van der Waals surface area contributed by atoms with Gasteiger partial charge >= 0.3 is 0 Å². The standard InChI is InChI=1S/C14H28N4/c1-3-5-6-7-8-9-11-18-13-14(16-17-18)12-15-10-4-2/h13,15H,3-12H2,1-2H3. The van der Waals surface area contributed by atoms with E-state index in [4.69, 9.17) is 0 Å². The second-order valence-corrected chi connectivity index (χ2v) is 4.92. The maximum Gasteiger partial charge on any atom is 0.0964 e. The highest BCUT2D eigenvalue weighted by Gasteiger charge is 1.99. The lowest BCUT2D eigenvalue weighted by molar-refractivity contribution is 0.516. The summed E-state index contributed by atoms with van der Waals surface area (Å²) in [6, 6.07) is 0. The average molecular weight is 252 g/mol. The molecule has 0 fully saturated rings. The molecule has 0 atom stereocenters. The van der Waals surface area contributed by atoms with Crippen molar-refractivity contribution in [1.29, 1.82) is 0 Å². The second kappa shape index (κ2) is 10.1. The van der Waals surface area contributed by atoms with Crippen molar-refractivity contribution in [1.82, 2.24) is 20.3 Å². The molecule has 0 saturated heterocycles. The van der Waals surface area contributed by atoms with Crippen LogP contribution in [0.1, 0.15) is 64.5 Å². The first-order valence-corrected chi connectivity index (χ1v) is 7.46. The van der Waals surface area contributed by atoms with Gasteiger partial charge in [-0.1, -0.05) is 51.2 Å². The van der Waals surface area contributed by atoms with Crippen LogP contribution in [0.15, 0.2) is 6.20 Å². The molecular weight excluding hydrogens is 224 g/mol. The van der Waals surface area contributed by atoms with E-state index in [0.29, 0.717) is 0 Å². The van der Waals surface area contributed by atoms with E-state index in [-0.39, 0.29) is 0 Å². The Balaban J connectivity index is 2.07. The van der Waals surface area contributed by atoms with E-state index in [1.165, 1.54) is 38.5 Å². The SMILES string of the molecule is CCCCCCCCn1cc(CNCCC)nn1. The van der Waals surface area contributed by atoms with Gasteiger partial charge in [-0.05, 0) is 19.4 Å². The van der Waals surface area contributed by atoms with Crippen LogP contribution in [0.2, 0.25) is 0 Å². The van der Waals surface area contributed by atoms with Crippen LogP contribution in [-0.2, 0) is 13.1 Å². The second-order valence-electron chi connectivity index (χ2n) is 4.92. The third kappa shape index (κ3) is 6.74. The molecule has 0 bridgehead atoms. The summed E-state index contributed by atoms with van der Waals surface area (Å²) in [7, 11) is 0. The monoisotopic (exact) mass is 252 g/mol. The zero-order chi connectivity index (χ0) is 13.1. The maximum absolute atomic E-state index is 4.17. The van der Waals surface area contributed by atoms with Gasteiger partial charge in [-0.2, -0.15) is 0 Å². The molecule has 4 nitrogen and oxygen atoms in total. The molecule has 0 aliphatic heterocycles. The highest BCUT2D eigenvalue weighted by Crippen LogP contribution is 2.06. The largest absolute Gasteiger partial charge is 0.311 e. The highest BCUT2D eigenvalue weighted by atomic mass is 15.4. The third-order valence-electron chi connectivity index (χ3n) is 3.06. The molecule has 104 valence electrons. The Labute approximate surface area is 111 Å². The van der Waals surface area contributed by atoms with Gasteiger partial charge in [0.25, 0.3) is 0 Å². The van der Waals surface area contributed by atoms with E-state index in [9.17, 15) is 0 Å². The van der Waals surface area contributed by atoms with Crippen molar-refractivity contribution in [3.63, 3.8) is 0 Å². The van der Waals surface area contributed by atoms with Crippen LogP contribution in [-0.4, -0.2) is 21.5 Å². The van der Waals surface area contributed by atoms with Crippen molar-refractivity contribution in [3.8, 4) is 0 Å². The van der Waals surface area contributed by atoms with Crippen LogP contribution in [0.4, 0.5) is 0 Å². The molecule has 4 heteroatoms. The molecule has 0 spiro atoms. The fourth-order valence-electron chi connectivity index (χ4n) is 1.98. The fraction of sp³-hybridized carbons (Fsp3) is 0.857. The Morgan fingerprint density at radius 3 is 2.61 bits per heavy atom. The molecule has 0 saturated carbocycles. The van der Waals surface area contributed by atoms with Crippen molar-refractivity contribution >= 4 is 0 Å². The first-order chi connectivity index (χ1) is 8.86. The van der Waals surface area contributed by atoms with E-state index in [1.807, 2.05) is 4.68 Å². The van der Waals surface area contributed by atoms with Gasteiger partial charge in [0, 0.05) is 19.3 Å². The smallest absolute Gasteiger partial charge is 0.0964 e. The average Bonchev–Trinajstić information content (AvgIpc) is 2.82. The first-order valence-electron chi connectivity index (χ1n) is 7.46. The topological polar surface area (TPSA) is 42.7 Å². The van der Waals surface area contributed by atoms with Gasteiger partial charge in [0.1, 0.15) is 0 Å². The Morgan fingerprint density at radius 1 is 1.06 bits per heavy atom. The summed E-state index contributed by atoms with van der Waals surface area (Å²) >= 11 is 0. The normalized spacial score (nSPS) is 11.0. The number of hydrogen-bond donors (Lipinski definition) is 1. The van der Waals surface area contributed by atoms with Gasteiger partial charge in [0.15, 0.2) is 0 Å². The molecular formula is C14H28N4. The van der Waals surface area contributed by atoms with Gasteiger partial charge in [-0.25, -0.2) is 0 Å². The molecule has 1 aromatic heterocycles. The molecule has 1 N–H and O–H groups in total. The van der Waals surface area contributed by atoms with Crippen molar-refractivity contribution in [2.45, 2.75) is 71.9 Å². The molecule has 1 heterocycles. The summed E-state index contributed by atoms with van der Waals surface area (Å²) in [5.74, 6) is 0. The predicted molar refractivity (Wildman–Crippen MR) is 75.4 cm³/mol. The van der Waals surface area contributed by atoms with Gasteiger partial charge in [-0.3, -0.25) is 4.68 Å². The molecule has 0 aliphatic carbocycles. The molecule has 1 rings (SSSR count). The number of hydrogen-bond acceptors (Lipinski definition) is 3. The molecule has 0 amide bonds. The lowest BCUT2D eigenvalue weighted by Crippen LogP contribution is -2.13. The Bertz CT molecular complexity index is 296. The third-order valence-corrected chi connectivity index (χ3v) is 3.06. The summed E-state index contributed by atoms with van der Waals surface area (Å²) in [6.07, 6.45) is 11.2. The van der Waals surface area contributed by atoms with Gasteiger partial charge < -0.3 is 5.32 Å². The van der Waals surface area contributed by atoms with Gasteiger partial charge in [0.2, 0.25) is 0 Å². The molecule has 0 unspecified atom stereocenters. The van der Waals surface area contributed by atoms with Gasteiger partial charge in [0.05, 0.1) is 5.69 Å². The minimum Gasteiger partial charge on any atom is -0.311 e. The van der Waals surface area contributed by atoms with Crippen molar-refractivity contribution in [2.24, 2.45) is 0 Å². The Kier molecular flexibility index (Phi) is 8.47. The van der Waals surface area contributed by atoms with Crippen LogP contribution in [0.3, 0.4) is 0 Å². The Hall–Kier alpha value is -0.900. The summed E-state index contributed by atoms with van der Waals surface area (Å²) < 4.78 is 1.97. The van der Waals surface area contributed by atoms with E-state index in [1.54, 1.807) is 0 Å². The van der Waals surface area contributed by atoms with E-state index >= 15 is 0 Å². The van der Waals surface area contributed by atoms with Crippen molar-refractivity contribution < 1.29 is 0 Å². The Morgan fingerprint density at radius 2 is 1.83 bits per heavy atom. The number of aryl methyl sites for hydroxylation is 1. The molecule has 1 aromatic rings. The quantitative estimate of drug-likeness (QED) is 0.615. The summed E-state index contributed by atoms with van der Waals surface area (Å²) in [5, 5.41) is 11.7. The predicted octanol–water partition coefficient (Wildman–Crippen LogP) is 3.14. The van der Waals surface area contributed by atoms with E-state index in [0.717, 1.165) is 31.7 Å². The maximum atomic E-state index is 4.17. The lowest BCUT2D eigenvalue weighted by Gasteiger charge is -2.01. The number of aromatic nitrogens is 3. The van der Waals surface area contributed by atoms with Crippen LogP contribution < -0.4 is 5.32 Å². The van der Waals surface area contributed by atoms with Crippen LogP contribution in [0.5, 0.6) is 0 Å². The van der Waals surface area contributed by atoms with Crippen LogP contribution >= 0.6 is 0 Å². The number of nitrogens with one attached hydrogen (secondary N) is 1. The number of nitrogens with zero attached hydrogens (tertiary/aromatic N) is 3.